The molecular weight excluding hydrogens is 266 g/mol. The van der Waals surface area contributed by atoms with E-state index >= 15 is 0 Å². The van der Waals surface area contributed by atoms with Gasteiger partial charge in [-0.2, -0.15) is 12.6 Å². The second-order valence-electron chi connectivity index (χ2n) is 3.93. The molecule has 0 heterocycles. The standard InChI is InChI=1S/C13H19NO2S2/c1-2-18(16)9-8-14-13(15)12(17)10-11-6-4-3-5-7-11/h3-7,12,17H,2,8-10H2,1H3,(H,14,15). The van der Waals surface area contributed by atoms with E-state index in [0.29, 0.717) is 24.5 Å². The van der Waals surface area contributed by atoms with Gasteiger partial charge in [0.15, 0.2) is 0 Å². The Balaban J connectivity index is 2.31. The fraction of sp³-hybridized carbons (Fsp3) is 0.462. The molecule has 0 aromatic heterocycles. The van der Waals surface area contributed by atoms with Crippen molar-refractivity contribution in [3.05, 3.63) is 35.9 Å². The first kappa shape index (κ1) is 15.2. The highest BCUT2D eigenvalue weighted by atomic mass is 32.2. The molecule has 2 unspecified atom stereocenters. The largest absolute Gasteiger partial charge is 0.354 e. The number of amides is 1. The monoisotopic (exact) mass is 285 g/mol. The molecule has 0 aliphatic heterocycles. The van der Waals surface area contributed by atoms with Crippen molar-refractivity contribution in [2.24, 2.45) is 0 Å². The van der Waals surface area contributed by atoms with Gasteiger partial charge < -0.3 is 5.32 Å². The molecule has 0 spiro atoms. The molecule has 0 radical (unpaired) electrons. The molecule has 1 amide bonds. The van der Waals surface area contributed by atoms with Crippen LogP contribution in [0.25, 0.3) is 0 Å². The second-order valence-corrected chi connectivity index (χ2v) is 6.42. The van der Waals surface area contributed by atoms with Crippen LogP contribution in [-0.4, -0.2) is 33.4 Å². The van der Waals surface area contributed by atoms with E-state index in [0.717, 1.165) is 5.56 Å². The van der Waals surface area contributed by atoms with Gasteiger partial charge >= 0.3 is 0 Å². The first-order valence-electron chi connectivity index (χ1n) is 5.98. The summed E-state index contributed by atoms with van der Waals surface area (Å²) in [6, 6.07) is 9.78. The first-order chi connectivity index (χ1) is 8.63. The maximum Gasteiger partial charge on any atom is 0.233 e. The van der Waals surface area contributed by atoms with Gasteiger partial charge in [0.25, 0.3) is 0 Å². The van der Waals surface area contributed by atoms with Gasteiger partial charge in [0, 0.05) is 28.9 Å². The molecular formula is C13H19NO2S2. The highest BCUT2D eigenvalue weighted by Crippen LogP contribution is 2.07. The van der Waals surface area contributed by atoms with Crippen molar-refractivity contribution in [3.63, 3.8) is 0 Å². The first-order valence-corrected chi connectivity index (χ1v) is 7.98. The maximum atomic E-state index is 11.7. The van der Waals surface area contributed by atoms with Crippen LogP contribution in [0.3, 0.4) is 0 Å². The second kappa shape index (κ2) is 8.32. The van der Waals surface area contributed by atoms with Gasteiger partial charge in [-0.25, -0.2) is 0 Å². The summed E-state index contributed by atoms with van der Waals surface area (Å²) < 4.78 is 11.2. The van der Waals surface area contributed by atoms with Crippen LogP contribution in [0.5, 0.6) is 0 Å². The van der Waals surface area contributed by atoms with Crippen molar-refractivity contribution in [2.75, 3.05) is 18.1 Å². The van der Waals surface area contributed by atoms with E-state index in [2.05, 4.69) is 17.9 Å². The Bertz CT molecular complexity index is 395. The molecule has 1 aromatic carbocycles. The lowest BCUT2D eigenvalue weighted by Gasteiger charge is -2.11. The van der Waals surface area contributed by atoms with Crippen LogP contribution in [0.15, 0.2) is 30.3 Å². The van der Waals surface area contributed by atoms with Gasteiger partial charge in [-0.15, -0.1) is 0 Å². The minimum Gasteiger partial charge on any atom is -0.354 e. The third-order valence-electron chi connectivity index (χ3n) is 2.53. The average Bonchev–Trinajstić information content (AvgIpc) is 2.39. The lowest BCUT2D eigenvalue weighted by Crippen LogP contribution is -2.35. The zero-order valence-corrected chi connectivity index (χ0v) is 12.2. The normalized spacial score (nSPS) is 13.9. The Morgan fingerprint density at radius 2 is 2.06 bits per heavy atom. The molecule has 0 saturated carbocycles. The van der Waals surface area contributed by atoms with Crippen LogP contribution in [0.4, 0.5) is 0 Å². The summed E-state index contributed by atoms with van der Waals surface area (Å²) in [5, 5.41) is 2.40. The summed E-state index contributed by atoms with van der Waals surface area (Å²) in [6.45, 7) is 2.32. The number of carbonyl (C=O) groups is 1. The molecule has 1 aromatic rings. The molecule has 0 aliphatic carbocycles. The molecule has 18 heavy (non-hydrogen) atoms. The number of benzene rings is 1. The van der Waals surface area contributed by atoms with Crippen molar-refractivity contribution >= 4 is 29.3 Å². The quantitative estimate of drug-likeness (QED) is 0.744. The summed E-state index contributed by atoms with van der Waals surface area (Å²) in [5.74, 6) is 1.04. The maximum absolute atomic E-state index is 11.7. The van der Waals surface area contributed by atoms with Gasteiger partial charge in [0.2, 0.25) is 5.91 Å². The SMILES string of the molecule is CCS(=O)CCNC(=O)C(S)Cc1ccccc1. The van der Waals surface area contributed by atoms with E-state index in [-0.39, 0.29) is 11.2 Å². The molecule has 1 rings (SSSR count). The fourth-order valence-corrected chi connectivity index (χ4v) is 2.40. The highest BCUT2D eigenvalue weighted by Gasteiger charge is 2.13. The van der Waals surface area contributed by atoms with Gasteiger partial charge in [-0.1, -0.05) is 37.3 Å². The Hall–Kier alpha value is -0.810. The van der Waals surface area contributed by atoms with E-state index in [9.17, 15) is 9.00 Å². The Morgan fingerprint density at radius 3 is 2.67 bits per heavy atom. The molecule has 0 saturated heterocycles. The van der Waals surface area contributed by atoms with E-state index in [1.165, 1.54) is 0 Å². The van der Waals surface area contributed by atoms with E-state index in [1.807, 2.05) is 37.3 Å². The molecule has 0 fully saturated rings. The lowest BCUT2D eigenvalue weighted by molar-refractivity contribution is -0.120. The van der Waals surface area contributed by atoms with Gasteiger partial charge in [0.1, 0.15) is 0 Å². The number of hydrogen-bond acceptors (Lipinski definition) is 3. The summed E-state index contributed by atoms with van der Waals surface area (Å²) >= 11 is 4.30. The number of rotatable bonds is 7. The molecule has 0 aliphatic rings. The number of nitrogens with one attached hydrogen (secondary N) is 1. The lowest BCUT2D eigenvalue weighted by atomic mass is 10.1. The Kier molecular flexibility index (Phi) is 7.05. The number of carbonyl (C=O) groups excluding carboxylic acids is 1. The van der Waals surface area contributed by atoms with Crippen LogP contribution >= 0.6 is 12.6 Å². The molecule has 100 valence electrons. The van der Waals surface area contributed by atoms with Crippen molar-refractivity contribution < 1.29 is 9.00 Å². The number of hydrogen-bond donors (Lipinski definition) is 2. The van der Waals surface area contributed by atoms with Gasteiger partial charge in [-0.05, 0) is 12.0 Å². The molecule has 5 heteroatoms. The third kappa shape index (κ3) is 5.69. The van der Waals surface area contributed by atoms with Crippen molar-refractivity contribution in [1.82, 2.24) is 5.32 Å². The van der Waals surface area contributed by atoms with Crippen LogP contribution in [0.2, 0.25) is 0 Å². The van der Waals surface area contributed by atoms with E-state index in [4.69, 9.17) is 0 Å². The predicted molar refractivity (Wildman–Crippen MR) is 79.5 cm³/mol. The summed E-state index contributed by atoms with van der Waals surface area (Å²) in [7, 11) is -0.834. The van der Waals surface area contributed by atoms with Crippen molar-refractivity contribution in [1.29, 1.82) is 0 Å². The third-order valence-corrected chi connectivity index (χ3v) is 4.25. The van der Waals surface area contributed by atoms with Crippen LogP contribution in [0.1, 0.15) is 12.5 Å². The van der Waals surface area contributed by atoms with Crippen LogP contribution in [0, 0.1) is 0 Å². The zero-order chi connectivity index (χ0) is 13.4. The molecule has 3 nitrogen and oxygen atoms in total. The van der Waals surface area contributed by atoms with E-state index in [1.54, 1.807) is 0 Å². The molecule has 0 bridgehead atoms. The number of thiol groups is 1. The van der Waals surface area contributed by atoms with Crippen LogP contribution < -0.4 is 5.32 Å². The van der Waals surface area contributed by atoms with E-state index < -0.39 is 10.8 Å². The smallest absolute Gasteiger partial charge is 0.233 e. The average molecular weight is 285 g/mol. The highest BCUT2D eigenvalue weighted by molar-refractivity contribution is 7.84. The summed E-state index contributed by atoms with van der Waals surface area (Å²) in [5.41, 5.74) is 1.09. The predicted octanol–water partition coefficient (Wildman–Crippen LogP) is 1.41. The van der Waals surface area contributed by atoms with Gasteiger partial charge in [-0.3, -0.25) is 9.00 Å². The minimum absolute atomic E-state index is 0.102. The van der Waals surface area contributed by atoms with Crippen LogP contribution in [-0.2, 0) is 22.0 Å². The molecule has 1 N–H and O–H groups in total. The molecule has 2 atom stereocenters. The Labute approximate surface area is 116 Å². The topological polar surface area (TPSA) is 46.2 Å². The van der Waals surface area contributed by atoms with Gasteiger partial charge in [0.05, 0.1) is 5.25 Å². The van der Waals surface area contributed by atoms with Crippen molar-refractivity contribution in [3.8, 4) is 0 Å². The van der Waals surface area contributed by atoms with Crippen molar-refractivity contribution in [2.45, 2.75) is 18.6 Å². The summed E-state index contributed by atoms with van der Waals surface area (Å²) in [6.07, 6.45) is 0.604. The summed E-state index contributed by atoms with van der Waals surface area (Å²) in [4.78, 5) is 11.7. The zero-order valence-electron chi connectivity index (χ0n) is 10.5. The minimum atomic E-state index is -0.834. The Morgan fingerprint density at radius 1 is 1.39 bits per heavy atom. The fourth-order valence-electron chi connectivity index (χ4n) is 1.48.